The second kappa shape index (κ2) is 6.26. The lowest BCUT2D eigenvalue weighted by molar-refractivity contribution is -0.140. The Balaban J connectivity index is 1.88. The molecule has 3 N–H and O–H groups in total. The molecule has 1 saturated carbocycles. The molecule has 2 aromatic carbocycles. The van der Waals surface area contributed by atoms with E-state index in [-0.39, 0.29) is 6.04 Å². The summed E-state index contributed by atoms with van der Waals surface area (Å²) < 4.78 is 0.682. The first-order chi connectivity index (χ1) is 12.4. The molecule has 0 spiro atoms. The number of benzene rings is 2. The maximum Gasteiger partial charge on any atom is 0.329 e. The van der Waals surface area contributed by atoms with Crippen LogP contribution in [0, 0.1) is 0 Å². The molecule has 1 aliphatic carbocycles. The smallest absolute Gasteiger partial charge is 0.329 e. The van der Waals surface area contributed by atoms with Gasteiger partial charge >= 0.3 is 6.03 Å². The van der Waals surface area contributed by atoms with Gasteiger partial charge in [0.05, 0.1) is 5.69 Å². The summed E-state index contributed by atoms with van der Waals surface area (Å²) in [6.45, 7) is 0. The monoisotopic (exact) mass is 435 g/mol. The van der Waals surface area contributed by atoms with E-state index in [9.17, 15) is 14.7 Å². The maximum atomic E-state index is 13.0. The molecule has 1 atom stereocenters. The molecule has 134 valence electrons. The first kappa shape index (κ1) is 17.3. The predicted octanol–water partition coefficient (Wildman–Crippen LogP) is 3.58. The highest BCUT2D eigenvalue weighted by atomic mass is 79.9. The van der Waals surface area contributed by atoms with Crippen LogP contribution in [0.1, 0.15) is 18.4 Å². The molecule has 1 unspecified atom stereocenters. The fourth-order valence-electron chi connectivity index (χ4n) is 2.98. The van der Waals surface area contributed by atoms with Gasteiger partial charge < -0.3 is 15.7 Å². The fraction of sp³-hybridized carbons (Fsp3) is 0.222. The molecule has 1 heterocycles. The Bertz CT molecular complexity index is 901. The Morgan fingerprint density at radius 2 is 1.96 bits per heavy atom. The SMILES string of the molecule is O=C1Nc2ccc(Br)cc2C(O)(C(=O)NC2CC2)N1c1ccc(Cl)cc1. The third-order valence-electron chi connectivity index (χ3n) is 4.44. The lowest BCUT2D eigenvalue weighted by Gasteiger charge is -2.42. The molecule has 2 aromatic rings. The molecule has 0 radical (unpaired) electrons. The molecule has 2 aliphatic rings. The van der Waals surface area contributed by atoms with Crippen LogP contribution in [0.25, 0.3) is 0 Å². The van der Waals surface area contributed by atoms with Gasteiger partial charge in [0.2, 0.25) is 0 Å². The number of amides is 3. The molecular formula is C18H15BrClN3O3. The summed E-state index contributed by atoms with van der Waals surface area (Å²) in [5.74, 6) is -0.635. The van der Waals surface area contributed by atoms with Gasteiger partial charge in [-0.2, -0.15) is 0 Å². The molecule has 0 bridgehead atoms. The number of hydrogen-bond acceptors (Lipinski definition) is 3. The minimum absolute atomic E-state index is 0.0270. The number of halogens is 2. The molecule has 8 heteroatoms. The number of nitrogens with zero attached hydrogens (tertiary/aromatic N) is 1. The average Bonchev–Trinajstić information content (AvgIpc) is 3.41. The minimum Gasteiger partial charge on any atom is -0.359 e. The molecule has 1 aliphatic heterocycles. The quantitative estimate of drug-likeness (QED) is 0.688. The van der Waals surface area contributed by atoms with E-state index in [1.807, 2.05) is 0 Å². The number of nitrogens with one attached hydrogen (secondary N) is 2. The first-order valence-corrected chi connectivity index (χ1v) is 9.27. The van der Waals surface area contributed by atoms with Gasteiger partial charge in [0, 0.05) is 26.8 Å². The second-order valence-corrected chi connectivity index (χ2v) is 7.70. The summed E-state index contributed by atoms with van der Waals surface area (Å²) in [7, 11) is 0. The maximum absolute atomic E-state index is 13.0. The summed E-state index contributed by atoms with van der Waals surface area (Å²) in [5.41, 5.74) is -1.15. The van der Waals surface area contributed by atoms with Crippen LogP contribution in [-0.4, -0.2) is 23.1 Å². The normalized spacial score (nSPS) is 21.8. The van der Waals surface area contributed by atoms with Crippen molar-refractivity contribution in [1.29, 1.82) is 0 Å². The Kier molecular flexibility index (Phi) is 4.17. The van der Waals surface area contributed by atoms with Crippen molar-refractivity contribution < 1.29 is 14.7 Å². The minimum atomic E-state index is -2.18. The lowest BCUT2D eigenvalue weighted by Crippen LogP contribution is -2.62. The van der Waals surface area contributed by atoms with Crippen LogP contribution in [-0.2, 0) is 10.5 Å². The third-order valence-corrected chi connectivity index (χ3v) is 5.18. The highest BCUT2D eigenvalue weighted by molar-refractivity contribution is 9.10. The Labute approximate surface area is 163 Å². The number of carbonyl (C=O) groups excluding carboxylic acids is 2. The van der Waals surface area contributed by atoms with Crippen molar-refractivity contribution >= 4 is 50.8 Å². The Morgan fingerprint density at radius 1 is 1.27 bits per heavy atom. The van der Waals surface area contributed by atoms with E-state index < -0.39 is 17.7 Å². The largest absolute Gasteiger partial charge is 0.359 e. The van der Waals surface area contributed by atoms with Gasteiger partial charge in [-0.15, -0.1) is 0 Å². The predicted molar refractivity (Wildman–Crippen MR) is 102 cm³/mol. The van der Waals surface area contributed by atoms with Crippen LogP contribution in [0.4, 0.5) is 16.2 Å². The fourth-order valence-corrected chi connectivity index (χ4v) is 3.47. The molecule has 0 saturated heterocycles. The molecule has 4 rings (SSSR count). The van der Waals surface area contributed by atoms with Crippen molar-refractivity contribution in [3.8, 4) is 0 Å². The molecule has 3 amide bonds. The van der Waals surface area contributed by atoms with E-state index in [1.54, 1.807) is 42.5 Å². The Morgan fingerprint density at radius 3 is 2.62 bits per heavy atom. The lowest BCUT2D eigenvalue weighted by atomic mass is 9.94. The molecule has 6 nitrogen and oxygen atoms in total. The van der Waals surface area contributed by atoms with E-state index in [0.717, 1.165) is 17.7 Å². The highest BCUT2D eigenvalue weighted by Gasteiger charge is 2.53. The van der Waals surface area contributed by atoms with Crippen molar-refractivity contribution in [2.24, 2.45) is 0 Å². The van der Waals surface area contributed by atoms with E-state index >= 15 is 0 Å². The van der Waals surface area contributed by atoms with Crippen LogP contribution in [0.2, 0.25) is 5.02 Å². The van der Waals surface area contributed by atoms with Crippen molar-refractivity contribution in [2.45, 2.75) is 24.6 Å². The molecule has 0 aromatic heterocycles. The van der Waals surface area contributed by atoms with E-state index in [4.69, 9.17) is 11.6 Å². The number of rotatable bonds is 3. The zero-order valence-electron chi connectivity index (χ0n) is 13.5. The number of anilines is 2. The zero-order valence-corrected chi connectivity index (χ0v) is 15.8. The topological polar surface area (TPSA) is 81.7 Å². The first-order valence-electron chi connectivity index (χ1n) is 8.10. The van der Waals surface area contributed by atoms with E-state index in [0.29, 0.717) is 26.4 Å². The highest BCUT2D eigenvalue weighted by Crippen LogP contribution is 2.41. The van der Waals surface area contributed by atoms with Crippen molar-refractivity contribution in [2.75, 3.05) is 10.2 Å². The summed E-state index contributed by atoms with van der Waals surface area (Å²) in [4.78, 5) is 26.8. The standard InChI is InChI=1S/C18H15BrClN3O3/c19-10-1-8-15-14(9-10)18(26,16(24)21-12-4-5-12)23(17(25)22-15)13-6-2-11(20)3-7-13/h1-3,6-9,12,26H,4-5H2,(H,21,24)(H,22,25). The molecule has 1 fully saturated rings. The van der Waals surface area contributed by atoms with Gasteiger partial charge in [0.1, 0.15) is 0 Å². The van der Waals surface area contributed by atoms with Gasteiger partial charge in [0.15, 0.2) is 0 Å². The number of urea groups is 1. The average molecular weight is 437 g/mol. The van der Waals surface area contributed by atoms with Crippen molar-refractivity contribution in [1.82, 2.24) is 5.32 Å². The van der Waals surface area contributed by atoms with Crippen LogP contribution in [0.15, 0.2) is 46.9 Å². The number of fused-ring (bicyclic) bond motifs is 1. The van der Waals surface area contributed by atoms with Gasteiger partial charge in [-0.1, -0.05) is 27.5 Å². The van der Waals surface area contributed by atoms with Crippen LogP contribution < -0.4 is 15.5 Å². The number of hydrogen-bond donors (Lipinski definition) is 3. The Hall–Kier alpha value is -2.09. The zero-order chi connectivity index (χ0) is 18.5. The summed E-state index contributed by atoms with van der Waals surface area (Å²) in [6.07, 6.45) is 1.72. The van der Waals surface area contributed by atoms with Gasteiger partial charge in [-0.05, 0) is 55.3 Å². The number of aliphatic hydroxyl groups is 1. The third kappa shape index (κ3) is 2.86. The summed E-state index contributed by atoms with van der Waals surface area (Å²) in [5, 5.41) is 17.6. The molecular weight excluding hydrogens is 422 g/mol. The van der Waals surface area contributed by atoms with Crippen molar-refractivity contribution in [3.05, 3.63) is 57.5 Å². The van der Waals surface area contributed by atoms with E-state index in [2.05, 4.69) is 26.6 Å². The van der Waals surface area contributed by atoms with Gasteiger partial charge in [-0.3, -0.25) is 9.69 Å². The van der Waals surface area contributed by atoms with Crippen LogP contribution in [0.5, 0.6) is 0 Å². The van der Waals surface area contributed by atoms with Crippen LogP contribution in [0.3, 0.4) is 0 Å². The summed E-state index contributed by atoms with van der Waals surface area (Å²) in [6, 6.07) is 10.8. The summed E-state index contributed by atoms with van der Waals surface area (Å²) >= 11 is 9.30. The van der Waals surface area contributed by atoms with Crippen molar-refractivity contribution in [3.63, 3.8) is 0 Å². The molecule has 26 heavy (non-hydrogen) atoms. The van der Waals surface area contributed by atoms with Gasteiger partial charge in [-0.25, -0.2) is 4.79 Å². The second-order valence-electron chi connectivity index (χ2n) is 6.35. The van der Waals surface area contributed by atoms with Gasteiger partial charge in [0.25, 0.3) is 11.6 Å². The van der Waals surface area contributed by atoms with E-state index in [1.165, 1.54) is 0 Å². The van der Waals surface area contributed by atoms with Crippen LogP contribution >= 0.6 is 27.5 Å². The number of carbonyl (C=O) groups is 2.